The zero-order valence-corrected chi connectivity index (χ0v) is 24.2. The summed E-state index contributed by atoms with van der Waals surface area (Å²) < 4.78 is 53.2. The van der Waals surface area contributed by atoms with Crippen LogP contribution in [-0.4, -0.2) is 83.9 Å². The molecule has 1 aromatic heterocycles. The van der Waals surface area contributed by atoms with Gasteiger partial charge in [-0.1, -0.05) is 18.2 Å². The number of ether oxygens (including phenoxy) is 2. The molecule has 1 aliphatic rings. The molecular formula is C25H36FN6O7P. The van der Waals surface area contributed by atoms with E-state index in [0.29, 0.717) is 11.5 Å². The maximum Gasteiger partial charge on any atom is 0.459 e. The number of rotatable bonds is 12. The summed E-state index contributed by atoms with van der Waals surface area (Å²) >= 11 is 0. The van der Waals surface area contributed by atoms with Gasteiger partial charge in [0.1, 0.15) is 29.7 Å². The zero-order chi connectivity index (χ0) is 29.7. The highest BCUT2D eigenvalue weighted by molar-refractivity contribution is 7.52. The number of esters is 1. The van der Waals surface area contributed by atoms with E-state index in [1.807, 2.05) is 0 Å². The van der Waals surface area contributed by atoms with E-state index in [-0.39, 0.29) is 11.6 Å². The number of aromatic nitrogens is 2. The quantitative estimate of drug-likeness (QED) is 0.147. The normalized spacial score (nSPS) is 25.3. The van der Waals surface area contributed by atoms with Crippen LogP contribution >= 0.6 is 7.75 Å². The van der Waals surface area contributed by atoms with Crippen molar-refractivity contribution < 1.29 is 37.4 Å². The Morgan fingerprint density at radius 2 is 2.02 bits per heavy atom. The lowest BCUT2D eigenvalue weighted by Crippen LogP contribution is -2.41. The monoisotopic (exact) mass is 582 g/mol. The molecule has 40 heavy (non-hydrogen) atoms. The maximum absolute atomic E-state index is 15.9. The molecule has 1 fully saturated rings. The number of amidine groups is 1. The molecule has 0 amide bonds. The third-order valence-corrected chi connectivity index (χ3v) is 7.65. The Hall–Kier alpha value is -3.16. The smallest absolute Gasteiger partial charge is 0.459 e. The number of aliphatic imine (C=N–C) groups is 2. The van der Waals surface area contributed by atoms with Gasteiger partial charge in [-0.2, -0.15) is 5.09 Å². The van der Waals surface area contributed by atoms with Crippen LogP contribution in [0.4, 0.5) is 10.2 Å². The van der Waals surface area contributed by atoms with Gasteiger partial charge in [0.15, 0.2) is 23.6 Å². The fourth-order valence-electron chi connectivity index (χ4n) is 4.04. The molecule has 0 aliphatic carbocycles. The molecule has 0 saturated carbocycles. The van der Waals surface area contributed by atoms with E-state index in [2.05, 4.69) is 32.1 Å². The van der Waals surface area contributed by atoms with E-state index < -0.39 is 56.6 Å². The van der Waals surface area contributed by atoms with E-state index in [1.54, 1.807) is 58.3 Å². The van der Waals surface area contributed by atoms with Crippen LogP contribution in [0.1, 0.15) is 39.6 Å². The molecule has 0 unspecified atom stereocenters. The largest absolute Gasteiger partial charge is 0.462 e. The third-order valence-electron chi connectivity index (χ3n) is 6.01. The second-order valence-electron chi connectivity index (χ2n) is 9.46. The number of carbonyl (C=O) groups is 1. The molecular weight excluding hydrogens is 546 g/mol. The molecule has 1 aliphatic heterocycles. The lowest BCUT2D eigenvalue weighted by atomic mass is 9.98. The number of carbonyl (C=O) groups excluding carboxylic acids is 1. The van der Waals surface area contributed by atoms with Crippen molar-refractivity contribution in [2.24, 2.45) is 9.98 Å². The van der Waals surface area contributed by atoms with Crippen molar-refractivity contribution in [1.82, 2.24) is 20.0 Å². The van der Waals surface area contributed by atoms with Crippen molar-refractivity contribution in [1.29, 1.82) is 0 Å². The van der Waals surface area contributed by atoms with Gasteiger partial charge in [0.2, 0.25) is 0 Å². The number of halogens is 1. The van der Waals surface area contributed by atoms with Crippen LogP contribution < -0.4 is 14.9 Å². The van der Waals surface area contributed by atoms with E-state index in [4.69, 9.17) is 18.5 Å². The van der Waals surface area contributed by atoms with Crippen LogP contribution in [0.5, 0.6) is 5.75 Å². The Balaban J connectivity index is 1.84. The second-order valence-corrected chi connectivity index (χ2v) is 11.2. The van der Waals surface area contributed by atoms with Gasteiger partial charge in [-0.25, -0.2) is 18.9 Å². The lowest BCUT2D eigenvalue weighted by Gasteiger charge is -2.25. The molecule has 15 heteroatoms. The predicted molar refractivity (Wildman–Crippen MR) is 147 cm³/mol. The number of benzene rings is 1. The lowest BCUT2D eigenvalue weighted by molar-refractivity contribution is -0.149. The van der Waals surface area contributed by atoms with E-state index in [9.17, 15) is 14.5 Å². The number of hydrogen-bond donors (Lipinski definition) is 3. The SMILES string of the molecule is C=Nc1c(C(=NC)NC)ncn1[C@@H]1O[C@H](CO[P@@](=O)(N[C@@H](C)C(=O)OC(C)C)Oc2ccccc2)[C@@H](O)[C@@]1(C)F. The molecule has 3 N–H and O–H groups in total. The molecule has 13 nitrogen and oxygen atoms in total. The van der Waals surface area contributed by atoms with Crippen molar-refractivity contribution >= 4 is 32.1 Å². The predicted octanol–water partition coefficient (Wildman–Crippen LogP) is 2.93. The standard InChI is InChI=1S/C25H36FN6O7P/c1-15(2)37-23(34)16(3)31-40(35,39-17-11-9-8-10-12-17)36-13-18-20(33)25(4,26)24(38-18)32-14-30-19(22(32)29-7)21(27-5)28-6/h8-12,14-16,18,20,24,33H,7,13H2,1-6H3,(H,27,28)(H,31,35)/t16-,18+,20+,24+,25+,40-/m0/s1. The Kier molecular flexibility index (Phi) is 10.2. The highest BCUT2D eigenvalue weighted by Gasteiger charge is 2.56. The first-order valence-electron chi connectivity index (χ1n) is 12.5. The van der Waals surface area contributed by atoms with Crippen molar-refractivity contribution in [3.63, 3.8) is 0 Å². The van der Waals surface area contributed by atoms with Gasteiger partial charge < -0.3 is 24.4 Å². The summed E-state index contributed by atoms with van der Waals surface area (Å²) in [5.74, 6) is 0.0561. The van der Waals surface area contributed by atoms with E-state index in [0.717, 1.165) is 6.92 Å². The minimum Gasteiger partial charge on any atom is -0.462 e. The summed E-state index contributed by atoms with van der Waals surface area (Å²) in [6.45, 7) is 8.93. The number of nitrogens with one attached hydrogen (secondary N) is 2. The maximum atomic E-state index is 15.9. The first-order valence-corrected chi connectivity index (χ1v) is 14.1. The molecule has 0 radical (unpaired) electrons. The summed E-state index contributed by atoms with van der Waals surface area (Å²) in [5.41, 5.74) is -2.04. The number of aliphatic hydroxyl groups excluding tert-OH is 1. The van der Waals surface area contributed by atoms with Crippen molar-refractivity contribution in [3.05, 3.63) is 42.4 Å². The second kappa shape index (κ2) is 13.0. The van der Waals surface area contributed by atoms with Crippen LogP contribution in [0.15, 0.2) is 46.6 Å². The minimum atomic E-state index is -4.28. The number of para-hydroxylation sites is 1. The zero-order valence-electron chi connectivity index (χ0n) is 23.3. The average molecular weight is 583 g/mol. The van der Waals surface area contributed by atoms with Gasteiger partial charge in [-0.3, -0.25) is 18.9 Å². The molecule has 6 atom stereocenters. The van der Waals surface area contributed by atoms with Crippen LogP contribution in [0, 0.1) is 0 Å². The van der Waals surface area contributed by atoms with Crippen molar-refractivity contribution in [2.75, 3.05) is 20.7 Å². The Bertz CT molecular complexity index is 1260. The summed E-state index contributed by atoms with van der Waals surface area (Å²) in [7, 11) is -1.08. The molecule has 0 bridgehead atoms. The van der Waals surface area contributed by atoms with Crippen LogP contribution in [0.3, 0.4) is 0 Å². The molecule has 220 valence electrons. The number of nitrogens with zero attached hydrogens (tertiary/aromatic N) is 4. The van der Waals surface area contributed by atoms with E-state index in [1.165, 1.54) is 17.8 Å². The van der Waals surface area contributed by atoms with Crippen LogP contribution in [0.25, 0.3) is 0 Å². The van der Waals surface area contributed by atoms with Crippen molar-refractivity contribution in [2.45, 2.75) is 63.9 Å². The highest BCUT2D eigenvalue weighted by atomic mass is 31.2. The van der Waals surface area contributed by atoms with Gasteiger partial charge in [-0.15, -0.1) is 0 Å². The first-order chi connectivity index (χ1) is 18.9. The Morgan fingerprint density at radius 1 is 1.35 bits per heavy atom. The topological polar surface area (TPSA) is 158 Å². The summed E-state index contributed by atoms with van der Waals surface area (Å²) in [4.78, 5) is 24.7. The third kappa shape index (κ3) is 6.94. The number of aliphatic hydroxyl groups is 1. The fourth-order valence-corrected chi connectivity index (χ4v) is 5.54. The molecule has 2 aromatic rings. The van der Waals surface area contributed by atoms with E-state index >= 15 is 4.39 Å². The van der Waals surface area contributed by atoms with Gasteiger partial charge in [0.05, 0.1) is 19.0 Å². The summed E-state index contributed by atoms with van der Waals surface area (Å²) in [5, 5.41) is 16.3. The Morgan fingerprint density at radius 3 is 2.60 bits per heavy atom. The number of hydrogen-bond acceptors (Lipinski definition) is 10. The van der Waals surface area contributed by atoms with Crippen LogP contribution in [-0.2, 0) is 23.4 Å². The molecule has 0 spiro atoms. The molecule has 1 aromatic carbocycles. The minimum absolute atomic E-state index is 0.162. The number of alkyl halides is 1. The molecule has 1 saturated heterocycles. The number of imidazole rings is 1. The van der Waals surface area contributed by atoms with Gasteiger partial charge >= 0.3 is 13.7 Å². The summed E-state index contributed by atoms with van der Waals surface area (Å²) in [6.07, 6.45) is -3.50. The fraction of sp³-hybridized carbons (Fsp3) is 0.520. The summed E-state index contributed by atoms with van der Waals surface area (Å²) in [6, 6.07) is 7.06. The molecule has 2 heterocycles. The average Bonchev–Trinajstić information content (AvgIpc) is 3.41. The van der Waals surface area contributed by atoms with Gasteiger partial charge in [0.25, 0.3) is 0 Å². The highest BCUT2D eigenvalue weighted by Crippen LogP contribution is 2.48. The van der Waals surface area contributed by atoms with Crippen molar-refractivity contribution in [3.8, 4) is 5.75 Å². The van der Waals surface area contributed by atoms with Crippen LogP contribution in [0.2, 0.25) is 0 Å². The molecule has 3 rings (SSSR count). The van der Waals surface area contributed by atoms with Gasteiger partial charge in [0, 0.05) is 14.1 Å². The first kappa shape index (κ1) is 31.4. The van der Waals surface area contributed by atoms with Gasteiger partial charge in [-0.05, 0) is 46.5 Å². The Labute approximate surface area is 232 Å².